The van der Waals surface area contributed by atoms with Crippen molar-refractivity contribution < 1.29 is 4.42 Å². The Bertz CT molecular complexity index is 3190. The van der Waals surface area contributed by atoms with Crippen molar-refractivity contribution in [3.05, 3.63) is 181 Å². The molecule has 244 valence electrons. The lowest BCUT2D eigenvalue weighted by molar-refractivity contribution is 0.670. The molecule has 0 unspecified atom stereocenters. The predicted octanol–water partition coefficient (Wildman–Crippen LogP) is 13.4. The van der Waals surface area contributed by atoms with Crippen LogP contribution < -0.4 is 0 Å². The van der Waals surface area contributed by atoms with E-state index in [0.29, 0.717) is 0 Å². The lowest BCUT2D eigenvalue weighted by Crippen LogP contribution is -1.98. The number of hydrogen-bond donors (Lipinski definition) is 0. The average Bonchev–Trinajstić information content (AvgIpc) is 3.85. The van der Waals surface area contributed by atoms with Crippen molar-refractivity contribution in [3.8, 4) is 33.6 Å². The van der Waals surface area contributed by atoms with Gasteiger partial charge in [-0.25, -0.2) is 0 Å². The molecule has 0 atom stereocenters. The summed E-state index contributed by atoms with van der Waals surface area (Å²) < 4.78 is 11.4. The van der Waals surface area contributed by atoms with Gasteiger partial charge in [0.15, 0.2) is 0 Å². The second-order valence-corrected chi connectivity index (χ2v) is 13.8. The number of aromatic nitrogens is 2. The Labute approximate surface area is 300 Å². The van der Waals surface area contributed by atoms with Gasteiger partial charge in [-0.3, -0.25) is 0 Å². The first-order valence-corrected chi connectivity index (χ1v) is 17.9. The normalized spacial score (nSPS) is 11.9. The molecule has 8 aromatic carbocycles. The molecule has 0 radical (unpaired) electrons. The number of benzene rings is 8. The van der Waals surface area contributed by atoms with Crippen molar-refractivity contribution in [1.29, 1.82) is 0 Å². The van der Waals surface area contributed by atoms with Crippen LogP contribution >= 0.6 is 0 Å². The smallest absolute Gasteiger partial charge is 0.143 e. The van der Waals surface area contributed by atoms with Gasteiger partial charge in [0, 0.05) is 49.1 Å². The lowest BCUT2D eigenvalue weighted by Gasteiger charge is -2.15. The van der Waals surface area contributed by atoms with Crippen LogP contribution in [0.3, 0.4) is 0 Å². The van der Waals surface area contributed by atoms with Gasteiger partial charge in [-0.1, -0.05) is 115 Å². The van der Waals surface area contributed by atoms with E-state index in [2.05, 4.69) is 186 Å². The standard InChI is InChI=1S/C49H32N2O/c1-31-22-25-37(39-17-11-18-40-38-16-7-10-21-48(38)52-49(39)40)47(28-31)51-44-20-9-6-15-36(44)42-30-33(24-27-46(42)51)32-23-26-45-41(29-32)35-14-5-8-19-43(35)50(45)34-12-3-2-4-13-34/h2-30H,1H3. The molecule has 0 aliphatic rings. The summed E-state index contributed by atoms with van der Waals surface area (Å²) in [6.45, 7) is 2.17. The van der Waals surface area contributed by atoms with Crippen LogP contribution in [-0.4, -0.2) is 9.13 Å². The Morgan fingerprint density at radius 2 is 0.962 bits per heavy atom. The highest BCUT2D eigenvalue weighted by molar-refractivity contribution is 6.14. The predicted molar refractivity (Wildman–Crippen MR) is 218 cm³/mol. The van der Waals surface area contributed by atoms with Crippen LogP contribution in [0.25, 0.3) is 99.2 Å². The molecule has 0 bridgehead atoms. The van der Waals surface area contributed by atoms with Crippen molar-refractivity contribution >= 4 is 65.6 Å². The minimum Gasteiger partial charge on any atom is -0.455 e. The van der Waals surface area contributed by atoms with Gasteiger partial charge in [0.1, 0.15) is 11.2 Å². The Morgan fingerprint density at radius 1 is 0.385 bits per heavy atom. The fourth-order valence-electron chi connectivity index (χ4n) is 8.43. The largest absolute Gasteiger partial charge is 0.455 e. The second kappa shape index (κ2) is 11.1. The van der Waals surface area contributed by atoms with E-state index in [0.717, 1.165) is 38.8 Å². The van der Waals surface area contributed by atoms with E-state index in [1.807, 2.05) is 6.07 Å². The molecule has 3 heterocycles. The van der Waals surface area contributed by atoms with Gasteiger partial charge in [-0.15, -0.1) is 0 Å². The summed E-state index contributed by atoms with van der Waals surface area (Å²) in [4.78, 5) is 0. The van der Waals surface area contributed by atoms with Crippen molar-refractivity contribution in [1.82, 2.24) is 9.13 Å². The van der Waals surface area contributed by atoms with Crippen LogP contribution in [0.5, 0.6) is 0 Å². The van der Waals surface area contributed by atoms with E-state index >= 15 is 0 Å². The van der Waals surface area contributed by atoms with Crippen LogP contribution in [-0.2, 0) is 0 Å². The molecule has 3 nitrogen and oxygen atoms in total. The van der Waals surface area contributed by atoms with Gasteiger partial charge in [0.05, 0.1) is 27.8 Å². The number of aryl methyl sites for hydroxylation is 1. The van der Waals surface area contributed by atoms with Gasteiger partial charge >= 0.3 is 0 Å². The van der Waals surface area contributed by atoms with E-state index in [9.17, 15) is 0 Å². The molecule has 0 aliphatic carbocycles. The topological polar surface area (TPSA) is 23.0 Å². The molecule has 52 heavy (non-hydrogen) atoms. The quantitative estimate of drug-likeness (QED) is 0.184. The van der Waals surface area contributed by atoms with Gasteiger partial charge in [-0.2, -0.15) is 0 Å². The molecule has 3 heteroatoms. The number of furan rings is 1. The second-order valence-electron chi connectivity index (χ2n) is 13.8. The lowest BCUT2D eigenvalue weighted by atomic mass is 9.99. The number of nitrogens with zero attached hydrogens (tertiary/aromatic N) is 2. The van der Waals surface area contributed by atoms with Crippen LogP contribution in [0.2, 0.25) is 0 Å². The molecule has 0 aliphatic heterocycles. The first kappa shape index (κ1) is 28.9. The minimum atomic E-state index is 0.908. The fraction of sp³-hybridized carbons (Fsp3) is 0.0204. The molecular formula is C49H32N2O. The maximum Gasteiger partial charge on any atom is 0.143 e. The highest BCUT2D eigenvalue weighted by Crippen LogP contribution is 2.42. The van der Waals surface area contributed by atoms with Gasteiger partial charge < -0.3 is 13.6 Å². The average molecular weight is 665 g/mol. The summed E-state index contributed by atoms with van der Waals surface area (Å²) in [5.74, 6) is 0. The highest BCUT2D eigenvalue weighted by atomic mass is 16.3. The summed E-state index contributed by atoms with van der Waals surface area (Å²) in [5.41, 5.74) is 14.8. The molecule has 3 aromatic heterocycles. The first-order valence-electron chi connectivity index (χ1n) is 17.9. The Hall–Kier alpha value is -6.84. The van der Waals surface area contributed by atoms with Gasteiger partial charge in [0.2, 0.25) is 0 Å². The molecule has 0 spiro atoms. The SMILES string of the molecule is Cc1ccc(-c2cccc3c2oc2ccccc23)c(-n2c3ccccc3c3cc(-c4ccc5c(c4)c4ccccc4n5-c4ccccc4)ccc32)c1. The number of rotatable bonds is 4. The summed E-state index contributed by atoms with van der Waals surface area (Å²) in [6.07, 6.45) is 0. The fourth-order valence-corrected chi connectivity index (χ4v) is 8.43. The van der Waals surface area contributed by atoms with Gasteiger partial charge in [0.25, 0.3) is 0 Å². The third-order valence-electron chi connectivity index (χ3n) is 10.8. The number of para-hydroxylation sites is 5. The zero-order valence-electron chi connectivity index (χ0n) is 28.5. The maximum absolute atomic E-state index is 6.55. The molecule has 0 saturated heterocycles. The van der Waals surface area contributed by atoms with Crippen LogP contribution in [0, 0.1) is 6.92 Å². The zero-order chi connectivity index (χ0) is 34.3. The Morgan fingerprint density at radius 3 is 1.69 bits per heavy atom. The summed E-state index contributed by atoms with van der Waals surface area (Å²) in [6, 6.07) is 63.6. The van der Waals surface area contributed by atoms with E-state index in [1.165, 1.54) is 66.0 Å². The van der Waals surface area contributed by atoms with Crippen molar-refractivity contribution in [2.45, 2.75) is 6.92 Å². The van der Waals surface area contributed by atoms with Crippen LogP contribution in [0.15, 0.2) is 180 Å². The van der Waals surface area contributed by atoms with Crippen molar-refractivity contribution in [3.63, 3.8) is 0 Å². The summed E-state index contributed by atoms with van der Waals surface area (Å²) in [5, 5.41) is 7.25. The summed E-state index contributed by atoms with van der Waals surface area (Å²) in [7, 11) is 0. The third kappa shape index (κ3) is 4.20. The molecule has 0 amide bonds. The monoisotopic (exact) mass is 664 g/mol. The van der Waals surface area contributed by atoms with Crippen LogP contribution in [0.4, 0.5) is 0 Å². The van der Waals surface area contributed by atoms with Crippen molar-refractivity contribution in [2.24, 2.45) is 0 Å². The Kier molecular flexibility index (Phi) is 6.17. The number of fused-ring (bicyclic) bond motifs is 9. The molecule has 11 aromatic rings. The number of hydrogen-bond acceptors (Lipinski definition) is 1. The van der Waals surface area contributed by atoms with Gasteiger partial charge in [-0.05, 0) is 84.3 Å². The van der Waals surface area contributed by atoms with E-state index in [-0.39, 0.29) is 0 Å². The van der Waals surface area contributed by atoms with E-state index in [4.69, 9.17) is 4.42 Å². The molecule has 11 rings (SSSR count). The molecule has 0 saturated carbocycles. The van der Waals surface area contributed by atoms with E-state index in [1.54, 1.807) is 0 Å². The van der Waals surface area contributed by atoms with Crippen molar-refractivity contribution in [2.75, 3.05) is 0 Å². The maximum atomic E-state index is 6.55. The minimum absolute atomic E-state index is 0.908. The van der Waals surface area contributed by atoms with E-state index < -0.39 is 0 Å². The molecule has 0 N–H and O–H groups in total. The Balaban J connectivity index is 1.12. The third-order valence-corrected chi connectivity index (χ3v) is 10.8. The molecular weight excluding hydrogens is 633 g/mol. The highest BCUT2D eigenvalue weighted by Gasteiger charge is 2.20. The zero-order valence-corrected chi connectivity index (χ0v) is 28.5. The summed E-state index contributed by atoms with van der Waals surface area (Å²) >= 11 is 0. The molecule has 0 fully saturated rings. The first-order chi connectivity index (χ1) is 25.7. The van der Waals surface area contributed by atoms with Crippen LogP contribution in [0.1, 0.15) is 5.56 Å².